The number of hydrogen-bond donors (Lipinski definition) is 2. The van der Waals surface area contributed by atoms with Gasteiger partial charge >= 0.3 is 0 Å². The molecule has 19 heavy (non-hydrogen) atoms. The van der Waals surface area contributed by atoms with Gasteiger partial charge in [-0.25, -0.2) is 0 Å². The number of hydrogen-bond acceptors (Lipinski definition) is 2. The van der Waals surface area contributed by atoms with Gasteiger partial charge in [0.2, 0.25) is 0 Å². The van der Waals surface area contributed by atoms with Crippen molar-refractivity contribution >= 4 is 0 Å². The van der Waals surface area contributed by atoms with E-state index < -0.39 is 0 Å². The monoisotopic (exact) mass is 262 g/mol. The third kappa shape index (κ3) is 4.32. The minimum atomic E-state index is 0.225. The van der Waals surface area contributed by atoms with Crippen LogP contribution in [0.25, 0.3) is 0 Å². The standard InChI is InChI=1S/C17H30N2/c1-7-13(12-18-5)16(19-6)14-8-10-15(11-9-14)17(2,3)4/h8-11,13,16,18-19H,7,12H2,1-6H3. The minimum absolute atomic E-state index is 0.225. The van der Waals surface area contributed by atoms with Crippen LogP contribution in [-0.2, 0) is 5.41 Å². The summed E-state index contributed by atoms with van der Waals surface area (Å²) in [4.78, 5) is 0. The Kier molecular flexibility index (Phi) is 6.02. The van der Waals surface area contributed by atoms with E-state index >= 15 is 0 Å². The topological polar surface area (TPSA) is 24.1 Å². The van der Waals surface area contributed by atoms with E-state index in [4.69, 9.17) is 0 Å². The van der Waals surface area contributed by atoms with Crippen molar-refractivity contribution in [3.05, 3.63) is 35.4 Å². The smallest absolute Gasteiger partial charge is 0.0358 e. The van der Waals surface area contributed by atoms with Crippen LogP contribution in [0.1, 0.15) is 51.3 Å². The van der Waals surface area contributed by atoms with Gasteiger partial charge < -0.3 is 10.6 Å². The van der Waals surface area contributed by atoms with E-state index in [1.165, 1.54) is 17.5 Å². The van der Waals surface area contributed by atoms with Crippen LogP contribution in [0.5, 0.6) is 0 Å². The van der Waals surface area contributed by atoms with Crippen molar-refractivity contribution in [1.29, 1.82) is 0 Å². The molecule has 0 aliphatic heterocycles. The molecule has 0 aromatic heterocycles. The van der Waals surface area contributed by atoms with Gasteiger partial charge in [-0.05, 0) is 43.1 Å². The van der Waals surface area contributed by atoms with Gasteiger partial charge in [-0.3, -0.25) is 0 Å². The summed E-state index contributed by atoms with van der Waals surface area (Å²) in [7, 11) is 4.08. The molecule has 2 unspecified atom stereocenters. The molecule has 2 N–H and O–H groups in total. The second-order valence-corrected chi connectivity index (χ2v) is 6.36. The third-order valence-electron chi connectivity index (χ3n) is 3.91. The Balaban J connectivity index is 2.93. The van der Waals surface area contributed by atoms with Crippen LogP contribution in [0.15, 0.2) is 24.3 Å². The van der Waals surface area contributed by atoms with Crippen molar-refractivity contribution in [2.45, 2.75) is 45.6 Å². The average Bonchev–Trinajstić information content (AvgIpc) is 2.38. The molecule has 0 fully saturated rings. The van der Waals surface area contributed by atoms with Crippen molar-refractivity contribution in [3.8, 4) is 0 Å². The molecular weight excluding hydrogens is 232 g/mol. The lowest BCUT2D eigenvalue weighted by molar-refractivity contribution is 0.359. The van der Waals surface area contributed by atoms with E-state index in [-0.39, 0.29) is 5.41 Å². The fourth-order valence-corrected chi connectivity index (χ4v) is 2.63. The summed E-state index contributed by atoms with van der Waals surface area (Å²) in [5, 5.41) is 6.77. The van der Waals surface area contributed by atoms with Crippen LogP contribution in [0, 0.1) is 5.92 Å². The van der Waals surface area contributed by atoms with Crippen LogP contribution < -0.4 is 10.6 Å². The first-order valence-corrected chi connectivity index (χ1v) is 7.36. The molecule has 2 atom stereocenters. The fraction of sp³-hybridized carbons (Fsp3) is 0.647. The first-order valence-electron chi connectivity index (χ1n) is 7.36. The van der Waals surface area contributed by atoms with Crippen LogP contribution in [-0.4, -0.2) is 20.6 Å². The summed E-state index contributed by atoms with van der Waals surface area (Å²) in [5.41, 5.74) is 3.01. The molecule has 2 heteroatoms. The Bertz CT molecular complexity index is 362. The Hall–Kier alpha value is -0.860. The van der Waals surface area contributed by atoms with Gasteiger partial charge in [0.1, 0.15) is 0 Å². The van der Waals surface area contributed by atoms with Crippen LogP contribution in [0.4, 0.5) is 0 Å². The second kappa shape index (κ2) is 7.06. The van der Waals surface area contributed by atoms with E-state index in [2.05, 4.69) is 69.6 Å². The van der Waals surface area contributed by atoms with Gasteiger partial charge in [0.25, 0.3) is 0 Å². The Morgan fingerprint density at radius 3 is 2.00 bits per heavy atom. The van der Waals surface area contributed by atoms with Gasteiger partial charge in [-0.1, -0.05) is 58.4 Å². The minimum Gasteiger partial charge on any atom is -0.319 e. The summed E-state index contributed by atoms with van der Waals surface area (Å²) in [5.74, 6) is 0.621. The molecule has 1 rings (SSSR count). The van der Waals surface area contributed by atoms with E-state index in [0.717, 1.165) is 6.54 Å². The molecule has 0 spiro atoms. The van der Waals surface area contributed by atoms with E-state index in [0.29, 0.717) is 12.0 Å². The average molecular weight is 262 g/mol. The summed E-state index contributed by atoms with van der Waals surface area (Å²) in [6.07, 6.45) is 1.17. The van der Waals surface area contributed by atoms with Crippen LogP contribution in [0.3, 0.4) is 0 Å². The van der Waals surface area contributed by atoms with Gasteiger partial charge in [0.05, 0.1) is 0 Å². The summed E-state index contributed by atoms with van der Waals surface area (Å²) in [6, 6.07) is 9.52. The molecule has 0 saturated carbocycles. The van der Waals surface area contributed by atoms with Crippen LogP contribution in [0.2, 0.25) is 0 Å². The lowest BCUT2D eigenvalue weighted by Crippen LogP contribution is -2.31. The first-order chi connectivity index (χ1) is 8.93. The maximum Gasteiger partial charge on any atom is 0.0358 e. The molecule has 1 aromatic rings. The van der Waals surface area contributed by atoms with E-state index in [9.17, 15) is 0 Å². The van der Waals surface area contributed by atoms with Crippen molar-refractivity contribution in [2.75, 3.05) is 20.6 Å². The summed E-state index contributed by atoms with van der Waals surface area (Å²) >= 11 is 0. The lowest BCUT2D eigenvalue weighted by Gasteiger charge is -2.27. The van der Waals surface area contributed by atoms with Crippen molar-refractivity contribution in [3.63, 3.8) is 0 Å². The quantitative estimate of drug-likeness (QED) is 0.820. The van der Waals surface area contributed by atoms with E-state index in [1.807, 2.05) is 7.05 Å². The summed E-state index contributed by atoms with van der Waals surface area (Å²) < 4.78 is 0. The maximum atomic E-state index is 3.47. The molecule has 1 aromatic carbocycles. The second-order valence-electron chi connectivity index (χ2n) is 6.36. The highest BCUT2D eigenvalue weighted by Crippen LogP contribution is 2.27. The SMILES string of the molecule is CCC(CNC)C(NC)c1ccc(C(C)(C)C)cc1. The van der Waals surface area contributed by atoms with Gasteiger partial charge in [-0.2, -0.15) is 0 Å². The number of rotatable bonds is 6. The Morgan fingerprint density at radius 2 is 1.63 bits per heavy atom. The molecule has 0 saturated heterocycles. The molecule has 0 bridgehead atoms. The Morgan fingerprint density at radius 1 is 1.05 bits per heavy atom. The van der Waals surface area contributed by atoms with Gasteiger partial charge in [0, 0.05) is 6.04 Å². The zero-order valence-corrected chi connectivity index (χ0v) is 13.4. The number of benzene rings is 1. The highest BCUT2D eigenvalue weighted by atomic mass is 14.9. The normalized spacial score (nSPS) is 15.3. The van der Waals surface area contributed by atoms with Gasteiger partial charge in [0.15, 0.2) is 0 Å². The molecule has 0 aliphatic rings. The fourth-order valence-electron chi connectivity index (χ4n) is 2.63. The highest BCUT2D eigenvalue weighted by molar-refractivity contribution is 5.29. The van der Waals surface area contributed by atoms with Crippen molar-refractivity contribution < 1.29 is 0 Å². The van der Waals surface area contributed by atoms with E-state index in [1.54, 1.807) is 0 Å². The molecule has 2 nitrogen and oxygen atoms in total. The molecule has 0 amide bonds. The third-order valence-corrected chi connectivity index (χ3v) is 3.91. The molecule has 0 aliphatic carbocycles. The zero-order valence-electron chi connectivity index (χ0n) is 13.4. The molecular formula is C17H30N2. The van der Waals surface area contributed by atoms with Crippen LogP contribution >= 0.6 is 0 Å². The van der Waals surface area contributed by atoms with Gasteiger partial charge in [-0.15, -0.1) is 0 Å². The molecule has 0 heterocycles. The summed E-state index contributed by atoms with van der Waals surface area (Å²) in [6.45, 7) is 10.1. The Labute approximate surface area is 119 Å². The largest absolute Gasteiger partial charge is 0.319 e. The van der Waals surface area contributed by atoms with Crippen molar-refractivity contribution in [2.24, 2.45) is 5.92 Å². The zero-order chi connectivity index (χ0) is 14.5. The lowest BCUT2D eigenvalue weighted by atomic mass is 9.84. The predicted octanol–water partition coefficient (Wildman–Crippen LogP) is 3.49. The highest BCUT2D eigenvalue weighted by Gasteiger charge is 2.20. The number of nitrogens with one attached hydrogen (secondary N) is 2. The maximum absolute atomic E-state index is 3.47. The predicted molar refractivity (Wildman–Crippen MR) is 84.7 cm³/mol. The molecule has 0 radical (unpaired) electrons. The first kappa shape index (κ1) is 16.2. The molecule has 108 valence electrons. The van der Waals surface area contributed by atoms with Crippen molar-refractivity contribution in [1.82, 2.24) is 10.6 Å².